The summed E-state index contributed by atoms with van der Waals surface area (Å²) in [5.41, 5.74) is 9.96. The van der Waals surface area contributed by atoms with E-state index in [1.54, 1.807) is 0 Å². The van der Waals surface area contributed by atoms with Gasteiger partial charge in [-0.15, -0.1) is 0 Å². The van der Waals surface area contributed by atoms with Crippen molar-refractivity contribution >= 4 is 66.3 Å². The Morgan fingerprint density at radius 1 is 0.509 bits per heavy atom. The molecule has 0 N–H and O–H groups in total. The van der Waals surface area contributed by atoms with E-state index in [4.69, 9.17) is 14.7 Å². The monoisotopic (exact) mass is 683 g/mol. The van der Waals surface area contributed by atoms with Gasteiger partial charge in [-0.2, -0.15) is 0 Å². The molecule has 4 aromatic heterocycles. The summed E-state index contributed by atoms with van der Waals surface area (Å²) in [7, 11) is 0. The van der Waals surface area contributed by atoms with Crippen LogP contribution in [-0.4, -0.2) is 18.9 Å². The van der Waals surface area contributed by atoms with Crippen LogP contribution in [0.1, 0.15) is 25.0 Å². The molecule has 1 aliphatic heterocycles. The first-order chi connectivity index (χ1) is 26.0. The van der Waals surface area contributed by atoms with Crippen LogP contribution in [-0.2, 0) is 5.41 Å². The number of anilines is 3. The average Bonchev–Trinajstić information content (AvgIpc) is 3.82. The van der Waals surface area contributed by atoms with Crippen molar-refractivity contribution < 1.29 is 4.74 Å². The van der Waals surface area contributed by atoms with Gasteiger partial charge in [-0.25, -0.2) is 9.97 Å². The largest absolute Gasteiger partial charge is 0.457 e. The zero-order valence-corrected chi connectivity index (χ0v) is 29.2. The summed E-state index contributed by atoms with van der Waals surface area (Å²) in [5.74, 6) is 2.38. The van der Waals surface area contributed by atoms with Gasteiger partial charge in [0.15, 0.2) is 0 Å². The number of fused-ring (bicyclic) bond motifs is 11. The molecule has 0 spiro atoms. The molecule has 0 amide bonds. The molecular weight excluding hydrogens is 651 g/mol. The van der Waals surface area contributed by atoms with Gasteiger partial charge >= 0.3 is 0 Å². The Labute approximate surface area is 305 Å². The molecule has 0 bridgehead atoms. The highest BCUT2D eigenvalue weighted by molar-refractivity contribution is 6.19. The Morgan fingerprint density at radius 3 is 2.15 bits per heavy atom. The Kier molecular flexibility index (Phi) is 6.20. The third-order valence-electron chi connectivity index (χ3n) is 11.0. The number of hydrogen-bond acceptors (Lipinski definition) is 4. The highest BCUT2D eigenvalue weighted by atomic mass is 16.5. The predicted molar refractivity (Wildman–Crippen MR) is 216 cm³/mol. The van der Waals surface area contributed by atoms with Gasteiger partial charge in [-0.3, -0.25) is 9.30 Å². The first-order valence-electron chi connectivity index (χ1n) is 18.0. The molecule has 53 heavy (non-hydrogen) atoms. The lowest BCUT2D eigenvalue weighted by atomic mass is 9.73. The van der Waals surface area contributed by atoms with E-state index in [9.17, 15) is 0 Å². The Balaban J connectivity index is 1.07. The highest BCUT2D eigenvalue weighted by Gasteiger charge is 2.37. The lowest BCUT2D eigenvalue weighted by Crippen LogP contribution is -2.30. The number of para-hydroxylation sites is 3. The minimum atomic E-state index is -0.204. The number of pyridine rings is 2. The minimum Gasteiger partial charge on any atom is -0.457 e. The van der Waals surface area contributed by atoms with Crippen molar-refractivity contribution in [1.82, 2.24) is 18.9 Å². The normalized spacial score (nSPS) is 13.6. The molecule has 11 rings (SSSR count). The molecule has 0 fully saturated rings. The van der Waals surface area contributed by atoms with Crippen LogP contribution in [0.5, 0.6) is 11.5 Å². The first kappa shape index (κ1) is 29.8. The lowest BCUT2D eigenvalue weighted by molar-refractivity contribution is 0.482. The number of nitrogens with zero attached hydrogens (tertiary/aromatic N) is 5. The van der Waals surface area contributed by atoms with E-state index in [2.05, 4.69) is 167 Å². The minimum absolute atomic E-state index is 0.204. The van der Waals surface area contributed by atoms with E-state index in [-0.39, 0.29) is 5.41 Å². The van der Waals surface area contributed by atoms with Gasteiger partial charge in [-0.05, 0) is 89.3 Å². The fourth-order valence-corrected chi connectivity index (χ4v) is 8.61. The predicted octanol–water partition coefficient (Wildman–Crippen LogP) is 12.0. The van der Waals surface area contributed by atoms with Gasteiger partial charge < -0.3 is 9.30 Å². The molecular formula is C47H33N5O. The van der Waals surface area contributed by atoms with Crippen LogP contribution in [0, 0.1) is 0 Å². The fraction of sp³-hybridized carbons (Fsp3) is 0.0638. The smallest absolute Gasteiger partial charge is 0.145 e. The van der Waals surface area contributed by atoms with Gasteiger partial charge in [0, 0.05) is 57.3 Å². The van der Waals surface area contributed by atoms with Gasteiger partial charge in [0.05, 0.1) is 27.9 Å². The van der Waals surface area contributed by atoms with Crippen LogP contribution in [0.15, 0.2) is 164 Å². The number of benzene rings is 6. The first-order valence-corrected chi connectivity index (χ1v) is 18.0. The maximum Gasteiger partial charge on any atom is 0.145 e. The van der Waals surface area contributed by atoms with Crippen LogP contribution >= 0.6 is 0 Å². The van der Waals surface area contributed by atoms with Crippen molar-refractivity contribution in [2.45, 2.75) is 19.3 Å². The Hall–Kier alpha value is -6.92. The SMILES string of the molecule is CC1(C)c2ccccc2N(c2ccccn2)c2cc(Oc3ccc4c5cc6c7ccccc7n(-c7ccccc7)c6cc5n5ccnc5c4c3)ccc21. The maximum atomic E-state index is 6.72. The number of aromatic nitrogens is 4. The standard InChI is InChI=1S/C47H33N5O/c1-47(2)38-15-7-9-17-41(38)52(45-18-10-11-23-48-45)44-27-32(20-22-39(44)47)53-31-19-21-33-35-28-36-34-14-6-8-16-40(34)51(30-12-4-3-5-13-30)43(36)29-42(35)50-25-24-49-46(50)37(33)26-31/h3-29H,1-2H3. The average molecular weight is 684 g/mol. The highest BCUT2D eigenvalue weighted by Crippen LogP contribution is 2.52. The summed E-state index contributed by atoms with van der Waals surface area (Å²) in [6.45, 7) is 4.58. The van der Waals surface area contributed by atoms with Gasteiger partial charge in [0.1, 0.15) is 23.0 Å². The third kappa shape index (κ3) is 4.33. The van der Waals surface area contributed by atoms with E-state index < -0.39 is 0 Å². The van der Waals surface area contributed by atoms with Gasteiger partial charge in [0.25, 0.3) is 0 Å². The van der Waals surface area contributed by atoms with Crippen molar-refractivity contribution in [3.63, 3.8) is 0 Å². The van der Waals surface area contributed by atoms with E-state index in [1.165, 1.54) is 32.8 Å². The molecule has 0 radical (unpaired) electrons. The zero-order chi connectivity index (χ0) is 35.3. The Bertz CT molecular complexity index is 3070. The maximum absolute atomic E-state index is 6.72. The molecule has 0 aliphatic carbocycles. The van der Waals surface area contributed by atoms with Crippen LogP contribution in [0.25, 0.3) is 54.8 Å². The van der Waals surface area contributed by atoms with Crippen LogP contribution < -0.4 is 9.64 Å². The molecule has 5 heterocycles. The molecule has 0 atom stereocenters. The molecule has 252 valence electrons. The Morgan fingerprint density at radius 2 is 1.26 bits per heavy atom. The quantitative estimate of drug-likeness (QED) is 0.173. The molecule has 6 nitrogen and oxygen atoms in total. The number of rotatable bonds is 4. The second-order valence-corrected chi connectivity index (χ2v) is 14.3. The van der Waals surface area contributed by atoms with Crippen molar-refractivity contribution in [2.24, 2.45) is 0 Å². The van der Waals surface area contributed by atoms with Crippen molar-refractivity contribution in [3.8, 4) is 17.2 Å². The summed E-state index contributed by atoms with van der Waals surface area (Å²) in [4.78, 5) is 11.9. The van der Waals surface area contributed by atoms with Crippen molar-refractivity contribution in [3.05, 3.63) is 175 Å². The van der Waals surface area contributed by atoms with E-state index in [0.29, 0.717) is 0 Å². The third-order valence-corrected chi connectivity index (χ3v) is 11.0. The molecule has 0 unspecified atom stereocenters. The molecule has 0 saturated heterocycles. The van der Waals surface area contributed by atoms with E-state index >= 15 is 0 Å². The van der Waals surface area contributed by atoms with E-state index in [1.807, 2.05) is 24.5 Å². The molecule has 1 aliphatic rings. The summed E-state index contributed by atoms with van der Waals surface area (Å²) in [6, 6.07) is 51.4. The second-order valence-electron chi connectivity index (χ2n) is 14.3. The number of hydrogen-bond donors (Lipinski definition) is 0. The summed E-state index contributed by atoms with van der Waals surface area (Å²) < 4.78 is 11.3. The number of imidazole rings is 1. The molecule has 6 heteroatoms. The topological polar surface area (TPSA) is 47.6 Å². The van der Waals surface area contributed by atoms with Crippen LogP contribution in [0.3, 0.4) is 0 Å². The lowest BCUT2D eigenvalue weighted by Gasteiger charge is -2.41. The summed E-state index contributed by atoms with van der Waals surface area (Å²) in [6.07, 6.45) is 5.79. The van der Waals surface area contributed by atoms with Gasteiger partial charge in [-0.1, -0.05) is 80.6 Å². The van der Waals surface area contributed by atoms with Crippen molar-refractivity contribution in [2.75, 3.05) is 4.90 Å². The fourth-order valence-electron chi connectivity index (χ4n) is 8.61. The number of ether oxygens (including phenoxy) is 1. The van der Waals surface area contributed by atoms with Crippen LogP contribution in [0.4, 0.5) is 17.2 Å². The summed E-state index contributed by atoms with van der Waals surface area (Å²) >= 11 is 0. The van der Waals surface area contributed by atoms with E-state index in [0.717, 1.165) is 61.8 Å². The molecule has 0 saturated carbocycles. The van der Waals surface area contributed by atoms with Gasteiger partial charge in [0.2, 0.25) is 0 Å². The molecule has 10 aromatic rings. The van der Waals surface area contributed by atoms with Crippen LogP contribution in [0.2, 0.25) is 0 Å². The zero-order valence-electron chi connectivity index (χ0n) is 29.2. The second kappa shape index (κ2) is 11.0. The van der Waals surface area contributed by atoms with Crippen molar-refractivity contribution in [1.29, 1.82) is 0 Å². The summed E-state index contributed by atoms with van der Waals surface area (Å²) in [5, 5.41) is 5.78. The molecule has 6 aromatic carbocycles.